The lowest BCUT2D eigenvalue weighted by molar-refractivity contribution is -0.127. The Morgan fingerprint density at radius 1 is 1.13 bits per heavy atom. The highest BCUT2D eigenvalue weighted by Gasteiger charge is 2.33. The fourth-order valence-corrected chi connectivity index (χ4v) is 5.23. The molecule has 30 heavy (non-hydrogen) atoms. The third-order valence-electron chi connectivity index (χ3n) is 5.23. The van der Waals surface area contributed by atoms with Gasteiger partial charge < -0.3 is 9.64 Å². The molecule has 1 fully saturated rings. The molecule has 0 radical (unpaired) electrons. The highest BCUT2D eigenvalue weighted by Crippen LogP contribution is 2.20. The van der Waals surface area contributed by atoms with Gasteiger partial charge >= 0.3 is 0 Å². The molecule has 1 atom stereocenters. The Morgan fingerprint density at radius 3 is 2.50 bits per heavy atom. The number of nitrogens with zero attached hydrogens (tertiary/aromatic N) is 1. The van der Waals surface area contributed by atoms with Crippen molar-refractivity contribution in [3.8, 4) is 5.75 Å². The lowest BCUT2D eigenvalue weighted by Gasteiger charge is -2.27. The van der Waals surface area contributed by atoms with Crippen LogP contribution in [-0.2, 0) is 21.2 Å². The van der Waals surface area contributed by atoms with Gasteiger partial charge in [-0.1, -0.05) is 55.8 Å². The van der Waals surface area contributed by atoms with Crippen molar-refractivity contribution >= 4 is 21.8 Å². The minimum absolute atomic E-state index is 0.0732. The number of hydrogen-bond donors (Lipinski definition) is 0. The quantitative estimate of drug-likeness (QED) is 0.566. The third kappa shape index (κ3) is 6.46. The molecule has 1 aliphatic rings. The molecule has 1 amide bonds. The summed E-state index contributed by atoms with van der Waals surface area (Å²) in [5.41, 5.74) is 2.00. The topological polar surface area (TPSA) is 63.7 Å². The third-order valence-corrected chi connectivity index (χ3v) is 6.98. The second kappa shape index (κ2) is 10.4. The minimum Gasteiger partial charge on any atom is -0.489 e. The average molecular weight is 428 g/mol. The van der Waals surface area contributed by atoms with Crippen LogP contribution >= 0.6 is 0 Å². The van der Waals surface area contributed by atoms with Crippen LogP contribution in [0.25, 0.3) is 6.08 Å². The van der Waals surface area contributed by atoms with Crippen molar-refractivity contribution in [2.24, 2.45) is 0 Å². The summed E-state index contributed by atoms with van der Waals surface area (Å²) < 4.78 is 29.4. The normalized spacial score (nSPS) is 17.8. The van der Waals surface area contributed by atoms with E-state index in [1.54, 1.807) is 17.1 Å². The van der Waals surface area contributed by atoms with E-state index in [2.05, 4.69) is 6.92 Å². The van der Waals surface area contributed by atoms with Crippen molar-refractivity contribution in [1.29, 1.82) is 0 Å². The average Bonchev–Trinajstić information content (AvgIpc) is 3.12. The van der Waals surface area contributed by atoms with E-state index in [1.165, 1.54) is 0 Å². The van der Waals surface area contributed by atoms with Gasteiger partial charge in [-0.2, -0.15) is 0 Å². The molecule has 3 rings (SSSR count). The van der Waals surface area contributed by atoms with E-state index in [0.717, 1.165) is 29.7 Å². The Bertz CT molecular complexity index is 952. The second-order valence-corrected chi connectivity index (χ2v) is 9.85. The molecular formula is C24H29NO4S. The number of sulfone groups is 1. The summed E-state index contributed by atoms with van der Waals surface area (Å²) in [7, 11) is -3.03. The first kappa shape index (κ1) is 22.1. The molecule has 0 saturated carbocycles. The number of rotatable bonds is 9. The second-order valence-electron chi connectivity index (χ2n) is 7.62. The predicted molar refractivity (Wildman–Crippen MR) is 120 cm³/mol. The van der Waals surface area contributed by atoms with E-state index in [0.29, 0.717) is 19.6 Å². The molecular weight excluding hydrogens is 398 g/mol. The van der Waals surface area contributed by atoms with Gasteiger partial charge in [0, 0.05) is 18.7 Å². The molecule has 1 unspecified atom stereocenters. The van der Waals surface area contributed by atoms with Crippen LogP contribution in [0.4, 0.5) is 0 Å². The molecule has 160 valence electrons. The maximum Gasteiger partial charge on any atom is 0.246 e. The van der Waals surface area contributed by atoms with E-state index in [-0.39, 0.29) is 23.5 Å². The van der Waals surface area contributed by atoms with Crippen LogP contribution in [0.1, 0.15) is 37.3 Å². The van der Waals surface area contributed by atoms with Crippen molar-refractivity contribution in [2.75, 3.05) is 18.1 Å². The molecule has 0 N–H and O–H groups in total. The Hall–Kier alpha value is -2.60. The molecule has 6 heteroatoms. The van der Waals surface area contributed by atoms with Crippen molar-refractivity contribution in [3.63, 3.8) is 0 Å². The number of benzene rings is 2. The maximum absolute atomic E-state index is 12.8. The zero-order valence-corrected chi connectivity index (χ0v) is 18.2. The summed E-state index contributed by atoms with van der Waals surface area (Å²) in [5.74, 6) is 0.879. The fourth-order valence-electron chi connectivity index (χ4n) is 3.50. The van der Waals surface area contributed by atoms with Crippen molar-refractivity contribution < 1.29 is 17.9 Å². The number of hydrogen-bond acceptors (Lipinski definition) is 4. The molecule has 0 bridgehead atoms. The van der Waals surface area contributed by atoms with Gasteiger partial charge in [-0.05, 0) is 42.2 Å². The minimum atomic E-state index is -3.03. The highest BCUT2D eigenvalue weighted by atomic mass is 32.2. The molecule has 0 aromatic heterocycles. The zero-order chi connectivity index (χ0) is 21.4. The van der Waals surface area contributed by atoms with Crippen LogP contribution in [0.2, 0.25) is 0 Å². The molecule has 5 nitrogen and oxygen atoms in total. The van der Waals surface area contributed by atoms with Crippen LogP contribution in [0.15, 0.2) is 60.7 Å². The van der Waals surface area contributed by atoms with Gasteiger partial charge in [-0.3, -0.25) is 4.79 Å². The monoisotopic (exact) mass is 427 g/mol. The summed E-state index contributed by atoms with van der Waals surface area (Å²) in [4.78, 5) is 14.5. The number of unbranched alkanes of at least 4 members (excludes halogenated alkanes) is 1. The molecule has 1 heterocycles. The molecule has 2 aromatic rings. The fraction of sp³-hybridized carbons (Fsp3) is 0.375. The standard InChI is InChI=1S/C24H29NO4S/c1-2-3-16-25(22-15-17-30(27,28)19-22)24(26)14-11-20-9-12-23(13-10-20)29-18-21-7-5-4-6-8-21/h4-14,22H,2-3,15-19H2,1H3/b14-11+. The van der Waals surface area contributed by atoms with Gasteiger partial charge in [0.05, 0.1) is 11.5 Å². The Morgan fingerprint density at radius 2 is 1.87 bits per heavy atom. The summed E-state index contributed by atoms with van der Waals surface area (Å²) in [6.07, 6.45) is 5.66. The number of carbonyl (C=O) groups excluding carboxylic acids is 1. The van der Waals surface area contributed by atoms with E-state index in [9.17, 15) is 13.2 Å². The smallest absolute Gasteiger partial charge is 0.246 e. The predicted octanol–water partition coefficient (Wildman–Crippen LogP) is 4.09. The SMILES string of the molecule is CCCCN(C(=O)/C=C/c1ccc(OCc2ccccc2)cc1)C1CCS(=O)(=O)C1. The molecule has 2 aromatic carbocycles. The van der Waals surface area contributed by atoms with Crippen LogP contribution < -0.4 is 4.74 Å². The van der Waals surface area contributed by atoms with Crippen molar-refractivity contribution in [3.05, 3.63) is 71.8 Å². The Kier molecular flexibility index (Phi) is 7.69. The molecule has 1 aliphatic heterocycles. The van der Waals surface area contributed by atoms with Gasteiger partial charge in [-0.15, -0.1) is 0 Å². The van der Waals surface area contributed by atoms with Crippen LogP contribution in [0.5, 0.6) is 5.75 Å². The molecule has 0 aliphatic carbocycles. The first-order valence-electron chi connectivity index (χ1n) is 10.4. The summed E-state index contributed by atoms with van der Waals surface area (Å²) >= 11 is 0. The first-order valence-corrected chi connectivity index (χ1v) is 12.2. The summed E-state index contributed by atoms with van der Waals surface area (Å²) in [6, 6.07) is 17.3. The lowest BCUT2D eigenvalue weighted by Crippen LogP contribution is -2.40. The molecule has 1 saturated heterocycles. The number of carbonyl (C=O) groups is 1. The summed E-state index contributed by atoms with van der Waals surface area (Å²) in [6.45, 7) is 3.16. The van der Waals surface area contributed by atoms with Gasteiger partial charge in [0.1, 0.15) is 12.4 Å². The first-order chi connectivity index (χ1) is 14.5. The Balaban J connectivity index is 1.59. The lowest BCUT2D eigenvalue weighted by atomic mass is 10.1. The maximum atomic E-state index is 12.8. The van der Waals surface area contributed by atoms with Crippen LogP contribution in [0.3, 0.4) is 0 Å². The number of amides is 1. The zero-order valence-electron chi connectivity index (χ0n) is 17.4. The van der Waals surface area contributed by atoms with Crippen LogP contribution in [0, 0.1) is 0 Å². The van der Waals surface area contributed by atoms with E-state index in [1.807, 2.05) is 54.6 Å². The van der Waals surface area contributed by atoms with E-state index >= 15 is 0 Å². The Labute approximate surface area is 179 Å². The van der Waals surface area contributed by atoms with Gasteiger partial charge in [0.15, 0.2) is 9.84 Å². The molecule has 0 spiro atoms. The number of ether oxygens (including phenoxy) is 1. The van der Waals surface area contributed by atoms with Crippen molar-refractivity contribution in [1.82, 2.24) is 4.90 Å². The van der Waals surface area contributed by atoms with Gasteiger partial charge in [-0.25, -0.2) is 8.42 Å². The summed E-state index contributed by atoms with van der Waals surface area (Å²) in [5, 5.41) is 0. The van der Waals surface area contributed by atoms with E-state index < -0.39 is 9.84 Å². The van der Waals surface area contributed by atoms with Gasteiger partial charge in [0.2, 0.25) is 5.91 Å². The van der Waals surface area contributed by atoms with Gasteiger partial charge in [0.25, 0.3) is 0 Å². The largest absolute Gasteiger partial charge is 0.489 e. The van der Waals surface area contributed by atoms with Crippen LogP contribution in [-0.4, -0.2) is 43.3 Å². The van der Waals surface area contributed by atoms with Crippen molar-refractivity contribution in [2.45, 2.75) is 38.8 Å². The van der Waals surface area contributed by atoms with E-state index in [4.69, 9.17) is 4.74 Å². The highest BCUT2D eigenvalue weighted by molar-refractivity contribution is 7.91.